The summed E-state index contributed by atoms with van der Waals surface area (Å²) in [6, 6.07) is 2.09. The van der Waals surface area contributed by atoms with Crippen LogP contribution in [0, 0.1) is 10.1 Å². The second kappa shape index (κ2) is 9.56. The van der Waals surface area contributed by atoms with Gasteiger partial charge in [0.1, 0.15) is 11.2 Å². The summed E-state index contributed by atoms with van der Waals surface area (Å²) in [5.41, 5.74) is -9.33. The van der Waals surface area contributed by atoms with E-state index in [1.165, 1.54) is 0 Å². The zero-order valence-electron chi connectivity index (χ0n) is 17.1. The smallest absolute Gasteiger partial charge is 0.379 e. The summed E-state index contributed by atoms with van der Waals surface area (Å²) in [4.78, 5) is 21.2. The van der Waals surface area contributed by atoms with Crippen molar-refractivity contribution in [3.8, 4) is 0 Å². The summed E-state index contributed by atoms with van der Waals surface area (Å²) in [7, 11) is 0. The Kier molecular flexibility index (Phi) is 7.71. The minimum Gasteiger partial charge on any atom is -0.379 e. The fourth-order valence-electron chi connectivity index (χ4n) is 2.56. The molecule has 0 aliphatic carbocycles. The Balaban J connectivity index is 2.26. The Labute approximate surface area is 194 Å². The van der Waals surface area contributed by atoms with E-state index in [-0.39, 0.29) is 23.9 Å². The van der Waals surface area contributed by atoms with Crippen molar-refractivity contribution < 1.29 is 54.3 Å². The minimum absolute atomic E-state index is 0.109. The lowest BCUT2D eigenvalue weighted by atomic mass is 10.1. The molecule has 16 heteroatoms. The maximum absolute atomic E-state index is 13.1. The number of alkyl halides is 9. The second-order valence-corrected chi connectivity index (χ2v) is 8.29. The van der Waals surface area contributed by atoms with Crippen molar-refractivity contribution in [1.82, 2.24) is 0 Å². The topological polar surface area (TPSA) is 92.5 Å². The molecule has 0 bridgehead atoms. The number of aliphatic hydroxyl groups is 1. The minimum atomic E-state index is -5.17. The highest BCUT2D eigenvalue weighted by atomic mass is 32.2. The van der Waals surface area contributed by atoms with Crippen LogP contribution in [0.3, 0.4) is 0 Å². The van der Waals surface area contributed by atoms with Gasteiger partial charge < -0.3 is 10.4 Å². The van der Waals surface area contributed by atoms with E-state index < -0.39 is 73.7 Å². The lowest BCUT2D eigenvalue weighted by Crippen LogP contribution is -2.42. The van der Waals surface area contributed by atoms with E-state index in [0.717, 1.165) is 13.0 Å². The average molecular weight is 536 g/mol. The molecule has 1 atom stereocenters. The summed E-state index contributed by atoms with van der Waals surface area (Å²) >= 11 is 0.260. The van der Waals surface area contributed by atoms with Gasteiger partial charge in [-0.25, -0.2) is 0 Å². The van der Waals surface area contributed by atoms with Gasteiger partial charge in [-0.2, -0.15) is 39.5 Å². The van der Waals surface area contributed by atoms with E-state index in [2.05, 4.69) is 0 Å². The fourth-order valence-corrected chi connectivity index (χ4v) is 3.56. The molecule has 1 amide bonds. The number of hydrogen-bond acceptors (Lipinski definition) is 5. The molecule has 1 unspecified atom stereocenters. The lowest BCUT2D eigenvalue weighted by Gasteiger charge is -2.23. The van der Waals surface area contributed by atoms with Crippen LogP contribution in [0.2, 0.25) is 0 Å². The SMILES string of the molecule is CC(O)(CSc1cc(C(F)(F)F)cc(C(F)(F)F)c1)C(=O)Nc1ccc([N+](=O)[O-])c(C(F)(F)F)c1. The molecule has 6 nitrogen and oxygen atoms in total. The number of nitro groups is 1. The molecule has 2 aromatic carbocycles. The van der Waals surface area contributed by atoms with E-state index in [0.29, 0.717) is 18.2 Å². The number of nitrogens with zero attached hydrogens (tertiary/aromatic N) is 1. The number of hydrogen-bond donors (Lipinski definition) is 2. The first kappa shape index (κ1) is 28.2. The van der Waals surface area contributed by atoms with E-state index in [4.69, 9.17) is 0 Å². The van der Waals surface area contributed by atoms with Gasteiger partial charge in [-0.05, 0) is 37.3 Å². The predicted octanol–water partition coefficient (Wildman–Crippen LogP) is 6.13. The number of nitrogens with one attached hydrogen (secondary N) is 1. The highest BCUT2D eigenvalue weighted by Gasteiger charge is 2.40. The first-order chi connectivity index (χ1) is 15.7. The van der Waals surface area contributed by atoms with Crippen LogP contribution in [0.15, 0.2) is 41.3 Å². The van der Waals surface area contributed by atoms with Gasteiger partial charge in [0.25, 0.3) is 11.6 Å². The number of rotatable bonds is 6. The number of halogens is 9. The molecule has 0 aliphatic heterocycles. The van der Waals surface area contributed by atoms with Crippen molar-refractivity contribution >= 4 is 29.0 Å². The van der Waals surface area contributed by atoms with Crippen molar-refractivity contribution in [3.05, 3.63) is 63.2 Å². The number of carbonyl (C=O) groups excluding carboxylic acids is 1. The van der Waals surface area contributed by atoms with Crippen LogP contribution in [0.5, 0.6) is 0 Å². The van der Waals surface area contributed by atoms with Gasteiger partial charge in [0, 0.05) is 22.4 Å². The third-order valence-electron chi connectivity index (χ3n) is 4.33. The van der Waals surface area contributed by atoms with Crippen LogP contribution in [0.25, 0.3) is 0 Å². The van der Waals surface area contributed by atoms with Crippen molar-refractivity contribution in [2.45, 2.75) is 35.9 Å². The second-order valence-electron chi connectivity index (χ2n) is 7.25. The zero-order valence-corrected chi connectivity index (χ0v) is 17.9. The molecule has 35 heavy (non-hydrogen) atoms. The zero-order chi connectivity index (χ0) is 27.0. The number of amides is 1. The normalized spacial score (nSPS) is 14.4. The Morgan fingerprint density at radius 3 is 1.89 bits per heavy atom. The quantitative estimate of drug-likeness (QED) is 0.201. The third-order valence-corrected chi connectivity index (χ3v) is 5.60. The molecule has 0 aliphatic rings. The molecule has 0 spiro atoms. The van der Waals surface area contributed by atoms with Crippen LogP contribution in [-0.4, -0.2) is 27.3 Å². The van der Waals surface area contributed by atoms with Crippen LogP contribution in [0.1, 0.15) is 23.6 Å². The standard InChI is InChI=1S/C19H13F9N2O4S/c1-16(32,8-35-12-5-9(17(20,21)22)4-10(6-12)18(23,24)25)15(31)29-11-2-3-14(30(33)34)13(7-11)19(26,27)28/h2-7,32H,8H2,1H3,(H,29,31). The molecule has 0 fully saturated rings. The van der Waals surface area contributed by atoms with Gasteiger partial charge in [-0.1, -0.05) is 0 Å². The molecule has 192 valence electrons. The van der Waals surface area contributed by atoms with E-state index in [1.807, 2.05) is 5.32 Å². The van der Waals surface area contributed by atoms with E-state index >= 15 is 0 Å². The van der Waals surface area contributed by atoms with E-state index in [9.17, 15) is 59.5 Å². The van der Waals surface area contributed by atoms with E-state index in [1.54, 1.807) is 0 Å². The molecule has 0 saturated carbocycles. The fraction of sp³-hybridized carbons (Fsp3) is 0.316. The summed E-state index contributed by atoms with van der Waals surface area (Å²) in [6.07, 6.45) is -15.4. The molecular weight excluding hydrogens is 523 g/mol. The van der Waals surface area contributed by atoms with Gasteiger partial charge >= 0.3 is 18.5 Å². The van der Waals surface area contributed by atoms with Gasteiger partial charge in [0.2, 0.25) is 0 Å². The first-order valence-corrected chi connectivity index (χ1v) is 10.0. The van der Waals surface area contributed by atoms with Crippen LogP contribution in [-0.2, 0) is 23.3 Å². The monoisotopic (exact) mass is 536 g/mol. The number of anilines is 1. The number of nitro benzene ring substituents is 1. The Morgan fingerprint density at radius 2 is 1.46 bits per heavy atom. The molecule has 2 N–H and O–H groups in total. The largest absolute Gasteiger partial charge is 0.423 e. The molecule has 0 aromatic heterocycles. The number of benzene rings is 2. The third kappa shape index (κ3) is 7.24. The average Bonchev–Trinajstić information content (AvgIpc) is 2.70. The van der Waals surface area contributed by atoms with Crippen molar-refractivity contribution in [2.75, 3.05) is 11.1 Å². The first-order valence-electron chi connectivity index (χ1n) is 9.03. The van der Waals surface area contributed by atoms with Crippen molar-refractivity contribution in [1.29, 1.82) is 0 Å². The van der Waals surface area contributed by atoms with Gasteiger partial charge in [0.15, 0.2) is 0 Å². The maximum atomic E-state index is 13.1. The molecule has 0 saturated heterocycles. The Bertz CT molecular complexity index is 1100. The highest BCUT2D eigenvalue weighted by Crippen LogP contribution is 2.40. The number of thioether (sulfide) groups is 1. The van der Waals surface area contributed by atoms with Crippen LogP contribution >= 0.6 is 11.8 Å². The van der Waals surface area contributed by atoms with Gasteiger partial charge in [0.05, 0.1) is 16.1 Å². The summed E-state index contributed by atoms with van der Waals surface area (Å²) in [5.74, 6) is -2.16. The molecule has 2 aromatic rings. The molecule has 0 heterocycles. The Hall–Kier alpha value is -3.01. The summed E-state index contributed by atoms with van der Waals surface area (Å²) < 4.78 is 117. The molecular formula is C19H13F9N2O4S. The van der Waals surface area contributed by atoms with Crippen molar-refractivity contribution in [2.24, 2.45) is 0 Å². The number of carbonyl (C=O) groups is 1. The maximum Gasteiger partial charge on any atom is 0.423 e. The highest BCUT2D eigenvalue weighted by molar-refractivity contribution is 7.99. The predicted molar refractivity (Wildman–Crippen MR) is 105 cm³/mol. The van der Waals surface area contributed by atoms with Crippen LogP contribution < -0.4 is 5.32 Å². The summed E-state index contributed by atoms with van der Waals surface area (Å²) in [6.45, 7) is 0.823. The summed E-state index contributed by atoms with van der Waals surface area (Å²) in [5, 5.41) is 23.0. The van der Waals surface area contributed by atoms with Gasteiger partial charge in [-0.15, -0.1) is 11.8 Å². The van der Waals surface area contributed by atoms with Crippen LogP contribution in [0.4, 0.5) is 50.9 Å². The Morgan fingerprint density at radius 1 is 0.943 bits per heavy atom. The van der Waals surface area contributed by atoms with Crippen molar-refractivity contribution in [3.63, 3.8) is 0 Å². The molecule has 0 radical (unpaired) electrons. The molecule has 2 rings (SSSR count). The lowest BCUT2D eigenvalue weighted by molar-refractivity contribution is -0.388. The van der Waals surface area contributed by atoms with Gasteiger partial charge in [-0.3, -0.25) is 14.9 Å².